The van der Waals surface area contributed by atoms with Gasteiger partial charge in [0.2, 0.25) is 0 Å². The minimum atomic E-state index is 0.213. The molecule has 0 aromatic carbocycles. The highest BCUT2D eigenvalue weighted by Gasteiger charge is 2.45. The predicted octanol–water partition coefficient (Wildman–Crippen LogP) is 1.11. The van der Waals surface area contributed by atoms with E-state index in [4.69, 9.17) is 9.47 Å². The third-order valence-electron chi connectivity index (χ3n) is 8.12. The van der Waals surface area contributed by atoms with Gasteiger partial charge < -0.3 is 9.47 Å². The molecule has 5 atom stereocenters. The van der Waals surface area contributed by atoms with Gasteiger partial charge in [0.05, 0.1) is 26.4 Å². The first-order valence-electron chi connectivity index (χ1n) is 13.1. The first kappa shape index (κ1) is 22.5. The van der Waals surface area contributed by atoms with E-state index < -0.39 is 0 Å². The lowest BCUT2D eigenvalue weighted by molar-refractivity contribution is -0.0324. The number of hydrogen-bond acceptors (Lipinski definition) is 8. The number of hydrazine groups is 1. The van der Waals surface area contributed by atoms with Gasteiger partial charge in [-0.05, 0) is 18.8 Å². The molecule has 31 heavy (non-hydrogen) atoms. The minimum absolute atomic E-state index is 0.213. The van der Waals surface area contributed by atoms with Crippen molar-refractivity contribution in [2.24, 2.45) is 5.92 Å². The van der Waals surface area contributed by atoms with Gasteiger partial charge in [0.25, 0.3) is 0 Å². The first-order valence-corrected chi connectivity index (χ1v) is 13.1. The van der Waals surface area contributed by atoms with E-state index in [-0.39, 0.29) is 12.6 Å². The highest BCUT2D eigenvalue weighted by molar-refractivity contribution is 4.98. The van der Waals surface area contributed by atoms with Crippen molar-refractivity contribution in [3.8, 4) is 0 Å². The fraction of sp³-hybridized carbons (Fsp3) is 1.00. The largest absolute Gasteiger partial charge is 0.379 e. The van der Waals surface area contributed by atoms with Crippen molar-refractivity contribution in [1.82, 2.24) is 30.9 Å². The number of hydrogen-bond donors (Lipinski definition) is 3. The molecular weight excluding hydrogens is 392 g/mol. The lowest BCUT2D eigenvalue weighted by atomic mass is 9.83. The number of morpholine rings is 2. The summed E-state index contributed by atoms with van der Waals surface area (Å²) >= 11 is 0. The molecule has 0 amide bonds. The smallest absolute Gasteiger partial charge is 0.129 e. The van der Waals surface area contributed by atoms with E-state index in [1.807, 2.05) is 0 Å². The van der Waals surface area contributed by atoms with Gasteiger partial charge >= 0.3 is 0 Å². The SMILES string of the molecule is C1CCCCC2CN3NC(N4CCOCC4)NC3NC2C(N2CCOCC2)CCCC1. The maximum absolute atomic E-state index is 5.71. The molecule has 3 N–H and O–H groups in total. The molecule has 0 radical (unpaired) electrons. The molecule has 0 bridgehead atoms. The van der Waals surface area contributed by atoms with Crippen molar-refractivity contribution in [2.75, 3.05) is 59.2 Å². The molecule has 8 heteroatoms. The topological polar surface area (TPSA) is 64.3 Å². The summed E-state index contributed by atoms with van der Waals surface area (Å²) in [5.41, 5.74) is 3.77. The standard InChI is InChI=1S/C23H44N6O2/c1-2-4-6-8-19-18-29-22(25-23(26-29)28-12-16-31-17-13-28)24-21(19)20(9-7-5-3-1)27-10-14-30-15-11-27/h19-26H,1-18H2. The zero-order valence-corrected chi connectivity index (χ0v) is 19.3. The second-order valence-electron chi connectivity index (χ2n) is 10.1. The maximum atomic E-state index is 5.71. The van der Waals surface area contributed by atoms with E-state index >= 15 is 0 Å². The van der Waals surface area contributed by atoms with Gasteiger partial charge in [0, 0.05) is 44.8 Å². The van der Waals surface area contributed by atoms with Gasteiger partial charge in [0.1, 0.15) is 12.6 Å². The van der Waals surface area contributed by atoms with Crippen LogP contribution in [0.3, 0.4) is 0 Å². The first-order chi connectivity index (χ1) is 15.4. The average Bonchev–Trinajstić information content (AvgIpc) is 3.23. The summed E-state index contributed by atoms with van der Waals surface area (Å²) in [5.74, 6) is 0.696. The van der Waals surface area contributed by atoms with E-state index in [9.17, 15) is 0 Å². The molecule has 0 spiro atoms. The molecule has 8 nitrogen and oxygen atoms in total. The molecule has 1 saturated carbocycles. The lowest BCUT2D eigenvalue weighted by Crippen LogP contribution is -2.68. The molecule has 178 valence electrons. The van der Waals surface area contributed by atoms with E-state index in [0.717, 1.165) is 59.2 Å². The molecule has 4 aliphatic heterocycles. The van der Waals surface area contributed by atoms with Gasteiger partial charge in [-0.3, -0.25) is 20.4 Å². The van der Waals surface area contributed by atoms with Crippen LogP contribution >= 0.6 is 0 Å². The summed E-state index contributed by atoms with van der Waals surface area (Å²) in [7, 11) is 0. The molecule has 4 saturated heterocycles. The van der Waals surface area contributed by atoms with Crippen LogP contribution in [0, 0.1) is 5.92 Å². The quantitative estimate of drug-likeness (QED) is 0.595. The Balaban J connectivity index is 1.30. The number of ether oxygens (including phenoxy) is 2. The van der Waals surface area contributed by atoms with Crippen molar-refractivity contribution < 1.29 is 9.47 Å². The molecular formula is C23H44N6O2. The van der Waals surface area contributed by atoms with Crippen LogP contribution in [0.5, 0.6) is 0 Å². The third kappa shape index (κ3) is 5.61. The molecule has 5 fully saturated rings. The maximum Gasteiger partial charge on any atom is 0.129 e. The van der Waals surface area contributed by atoms with Crippen LogP contribution in [0.15, 0.2) is 0 Å². The Morgan fingerprint density at radius 2 is 1.23 bits per heavy atom. The van der Waals surface area contributed by atoms with Gasteiger partial charge in [-0.2, -0.15) is 0 Å². The summed E-state index contributed by atoms with van der Waals surface area (Å²) < 4.78 is 11.3. The molecule has 5 aliphatic rings. The molecule has 0 aromatic rings. The Kier molecular flexibility index (Phi) is 8.12. The van der Waals surface area contributed by atoms with Gasteiger partial charge in [-0.25, -0.2) is 10.4 Å². The number of rotatable bonds is 2. The fourth-order valence-electron chi connectivity index (χ4n) is 6.35. The number of nitrogens with zero attached hydrogens (tertiary/aromatic N) is 3. The monoisotopic (exact) mass is 436 g/mol. The van der Waals surface area contributed by atoms with Crippen LogP contribution in [-0.4, -0.2) is 98.6 Å². The Morgan fingerprint density at radius 3 is 1.94 bits per heavy atom. The molecule has 1 aliphatic carbocycles. The van der Waals surface area contributed by atoms with E-state index in [0.29, 0.717) is 18.0 Å². The summed E-state index contributed by atoms with van der Waals surface area (Å²) in [6.45, 7) is 8.76. The molecule has 5 unspecified atom stereocenters. The van der Waals surface area contributed by atoms with Crippen LogP contribution in [0.1, 0.15) is 57.8 Å². The molecule has 0 aromatic heterocycles. The van der Waals surface area contributed by atoms with E-state index in [1.165, 1.54) is 57.8 Å². The van der Waals surface area contributed by atoms with Gasteiger partial charge in [-0.15, -0.1) is 0 Å². The normalized spacial score (nSPS) is 40.5. The minimum Gasteiger partial charge on any atom is -0.379 e. The Morgan fingerprint density at radius 1 is 0.613 bits per heavy atom. The summed E-state index contributed by atoms with van der Waals surface area (Å²) in [4.78, 5) is 5.23. The van der Waals surface area contributed by atoms with Crippen molar-refractivity contribution in [2.45, 2.75) is 82.5 Å². The van der Waals surface area contributed by atoms with Crippen molar-refractivity contribution in [3.05, 3.63) is 0 Å². The van der Waals surface area contributed by atoms with Crippen molar-refractivity contribution in [1.29, 1.82) is 0 Å². The Hall–Kier alpha value is -0.320. The van der Waals surface area contributed by atoms with E-state index in [2.05, 4.69) is 30.9 Å². The lowest BCUT2D eigenvalue weighted by Gasteiger charge is -2.48. The van der Waals surface area contributed by atoms with Crippen LogP contribution < -0.4 is 16.1 Å². The van der Waals surface area contributed by atoms with Crippen LogP contribution in [-0.2, 0) is 9.47 Å². The highest BCUT2D eigenvalue weighted by atomic mass is 16.5. The number of nitrogens with one attached hydrogen (secondary N) is 3. The van der Waals surface area contributed by atoms with Crippen molar-refractivity contribution in [3.63, 3.8) is 0 Å². The van der Waals surface area contributed by atoms with Crippen molar-refractivity contribution >= 4 is 0 Å². The molecule has 4 heterocycles. The fourth-order valence-corrected chi connectivity index (χ4v) is 6.35. The second-order valence-corrected chi connectivity index (χ2v) is 10.1. The highest BCUT2D eigenvalue weighted by Crippen LogP contribution is 2.30. The number of fused-ring (bicyclic) bond motifs is 2. The summed E-state index contributed by atoms with van der Waals surface area (Å²) in [6, 6.07) is 1.18. The Labute approximate surface area is 188 Å². The Bertz CT molecular complexity index is 542. The summed E-state index contributed by atoms with van der Waals surface area (Å²) in [6.07, 6.45) is 12.9. The summed E-state index contributed by atoms with van der Waals surface area (Å²) in [5, 5.41) is 10.4. The van der Waals surface area contributed by atoms with E-state index in [1.54, 1.807) is 0 Å². The van der Waals surface area contributed by atoms with Crippen LogP contribution in [0.2, 0.25) is 0 Å². The zero-order valence-electron chi connectivity index (χ0n) is 19.3. The third-order valence-corrected chi connectivity index (χ3v) is 8.12. The zero-order chi connectivity index (χ0) is 20.9. The predicted molar refractivity (Wildman–Crippen MR) is 121 cm³/mol. The van der Waals surface area contributed by atoms with Gasteiger partial charge in [-0.1, -0.05) is 44.9 Å². The average molecular weight is 437 g/mol. The van der Waals surface area contributed by atoms with Crippen LogP contribution in [0.25, 0.3) is 0 Å². The molecule has 5 rings (SSSR count). The van der Waals surface area contributed by atoms with Gasteiger partial charge in [0.15, 0.2) is 0 Å². The second kappa shape index (κ2) is 11.2. The van der Waals surface area contributed by atoms with Crippen LogP contribution in [0.4, 0.5) is 0 Å².